The van der Waals surface area contributed by atoms with Crippen LogP contribution in [0.3, 0.4) is 0 Å². The summed E-state index contributed by atoms with van der Waals surface area (Å²) in [6.07, 6.45) is 2.60. The Balaban J connectivity index is 2.58. The number of fused-ring (bicyclic) bond motifs is 1. The lowest BCUT2D eigenvalue weighted by atomic mass is 10.00. The van der Waals surface area contributed by atoms with E-state index in [1.165, 1.54) is 0 Å². The molecule has 0 amide bonds. The highest BCUT2D eigenvalue weighted by molar-refractivity contribution is 6.28. The Hall–Kier alpha value is -1.36. The highest BCUT2D eigenvalue weighted by Crippen LogP contribution is 2.28. The van der Waals surface area contributed by atoms with Gasteiger partial charge in [0.1, 0.15) is 5.52 Å². The quantitative estimate of drug-likeness (QED) is 0.855. The average Bonchev–Trinajstić information content (AvgIpc) is 2.74. The Labute approximate surface area is 105 Å². The van der Waals surface area contributed by atoms with E-state index in [0.717, 1.165) is 17.8 Å². The maximum Gasteiger partial charge on any atom is 0.226 e. The van der Waals surface area contributed by atoms with E-state index in [4.69, 9.17) is 11.6 Å². The van der Waals surface area contributed by atoms with Gasteiger partial charge in [0.05, 0.1) is 6.33 Å². The Kier molecular flexibility index (Phi) is 2.95. The van der Waals surface area contributed by atoms with E-state index in [1.54, 1.807) is 6.33 Å². The molecule has 0 bridgehead atoms. The molecule has 6 heteroatoms. The minimum atomic E-state index is -0.00424. The molecule has 0 saturated heterocycles. The number of nitrogens with one attached hydrogen (secondary N) is 1. The molecule has 0 aliphatic heterocycles. The summed E-state index contributed by atoms with van der Waals surface area (Å²) in [6.45, 7) is 6.46. The van der Waals surface area contributed by atoms with E-state index in [1.807, 2.05) is 7.05 Å². The lowest BCUT2D eigenvalue weighted by Gasteiger charge is -2.35. The molecule has 0 aliphatic rings. The van der Waals surface area contributed by atoms with E-state index in [2.05, 4.69) is 45.6 Å². The number of anilines is 1. The zero-order valence-electron chi connectivity index (χ0n) is 10.5. The van der Waals surface area contributed by atoms with Crippen molar-refractivity contribution in [1.29, 1.82) is 0 Å². The van der Waals surface area contributed by atoms with Crippen molar-refractivity contribution in [1.82, 2.24) is 19.9 Å². The summed E-state index contributed by atoms with van der Waals surface area (Å²) < 4.78 is 0. The van der Waals surface area contributed by atoms with Gasteiger partial charge < -0.3 is 9.88 Å². The second-order valence-electron chi connectivity index (χ2n) is 4.64. The molecule has 1 N–H and O–H groups in total. The highest BCUT2D eigenvalue weighted by Gasteiger charge is 2.25. The minimum absolute atomic E-state index is 0.00424. The number of nitrogens with zero attached hydrogens (tertiary/aromatic N) is 4. The first-order valence-corrected chi connectivity index (χ1v) is 5.94. The van der Waals surface area contributed by atoms with Gasteiger partial charge in [-0.15, -0.1) is 0 Å². The summed E-state index contributed by atoms with van der Waals surface area (Å²) in [6, 6.07) is 0. The number of rotatable bonds is 3. The monoisotopic (exact) mass is 253 g/mol. The number of H-pyrrole nitrogens is 1. The van der Waals surface area contributed by atoms with Gasteiger partial charge in [-0.3, -0.25) is 0 Å². The second kappa shape index (κ2) is 4.14. The van der Waals surface area contributed by atoms with Gasteiger partial charge in [-0.1, -0.05) is 6.92 Å². The molecule has 2 aromatic heterocycles. The standard InChI is InChI=1S/C11H16ClN5/c1-5-11(2,3)17(4)9-7-8(14-6-13-7)15-10(12)16-9/h6H,5H2,1-4H3,(H,13,14,15,16). The summed E-state index contributed by atoms with van der Waals surface area (Å²) in [5.74, 6) is 0.782. The topological polar surface area (TPSA) is 57.7 Å². The van der Waals surface area contributed by atoms with Crippen LogP contribution in [0.1, 0.15) is 27.2 Å². The number of aromatic nitrogens is 4. The minimum Gasteiger partial charge on any atom is -0.353 e. The van der Waals surface area contributed by atoms with Crippen molar-refractivity contribution in [2.45, 2.75) is 32.7 Å². The SMILES string of the molecule is CCC(C)(C)N(C)c1nc(Cl)nc2nc[nH]c12. The van der Waals surface area contributed by atoms with Crippen molar-refractivity contribution >= 4 is 28.6 Å². The largest absolute Gasteiger partial charge is 0.353 e. The average molecular weight is 254 g/mol. The van der Waals surface area contributed by atoms with Crippen molar-refractivity contribution in [3.63, 3.8) is 0 Å². The number of halogens is 1. The van der Waals surface area contributed by atoms with Crippen LogP contribution < -0.4 is 4.90 Å². The second-order valence-corrected chi connectivity index (χ2v) is 4.98. The third-order valence-corrected chi connectivity index (χ3v) is 3.50. The van der Waals surface area contributed by atoms with Gasteiger partial charge in [-0.05, 0) is 31.9 Å². The van der Waals surface area contributed by atoms with E-state index in [9.17, 15) is 0 Å². The zero-order chi connectivity index (χ0) is 12.6. The van der Waals surface area contributed by atoms with Crippen LogP contribution >= 0.6 is 11.6 Å². The molecular formula is C11H16ClN5. The van der Waals surface area contributed by atoms with Crippen molar-refractivity contribution in [3.05, 3.63) is 11.6 Å². The van der Waals surface area contributed by atoms with Crippen LogP contribution in [0, 0.1) is 0 Å². The molecule has 5 nitrogen and oxygen atoms in total. The summed E-state index contributed by atoms with van der Waals surface area (Å²) >= 11 is 5.92. The summed E-state index contributed by atoms with van der Waals surface area (Å²) in [5, 5.41) is 0.221. The Bertz CT molecular complexity index is 534. The van der Waals surface area contributed by atoms with Gasteiger partial charge in [0.25, 0.3) is 0 Å². The van der Waals surface area contributed by atoms with Crippen molar-refractivity contribution < 1.29 is 0 Å². The molecule has 0 fully saturated rings. The Morgan fingerprint density at radius 1 is 1.41 bits per heavy atom. The lowest BCUT2D eigenvalue weighted by Crippen LogP contribution is -2.41. The third kappa shape index (κ3) is 2.07. The number of hydrogen-bond donors (Lipinski definition) is 1. The molecule has 0 aliphatic carbocycles. The number of aromatic amines is 1. The zero-order valence-corrected chi connectivity index (χ0v) is 11.2. The molecule has 2 rings (SSSR count). The van der Waals surface area contributed by atoms with Gasteiger partial charge in [0.2, 0.25) is 5.28 Å². The van der Waals surface area contributed by atoms with Crippen LogP contribution in [0.4, 0.5) is 5.82 Å². The molecular weight excluding hydrogens is 238 g/mol. The molecule has 0 radical (unpaired) electrons. The fourth-order valence-corrected chi connectivity index (χ4v) is 1.72. The van der Waals surface area contributed by atoms with E-state index < -0.39 is 0 Å². The van der Waals surface area contributed by atoms with E-state index >= 15 is 0 Å². The summed E-state index contributed by atoms with van der Waals surface area (Å²) in [4.78, 5) is 17.6. The first-order valence-electron chi connectivity index (χ1n) is 5.56. The fraction of sp³-hybridized carbons (Fsp3) is 0.545. The molecule has 0 saturated carbocycles. The van der Waals surface area contributed by atoms with Crippen LogP contribution in [0.2, 0.25) is 5.28 Å². The van der Waals surface area contributed by atoms with Gasteiger partial charge in [0, 0.05) is 12.6 Å². The Morgan fingerprint density at radius 3 is 2.76 bits per heavy atom. The maximum absolute atomic E-state index is 5.92. The molecule has 0 spiro atoms. The summed E-state index contributed by atoms with van der Waals surface area (Å²) in [7, 11) is 2.00. The van der Waals surface area contributed by atoms with Crippen LogP contribution in [0.15, 0.2) is 6.33 Å². The van der Waals surface area contributed by atoms with Crippen LogP contribution in [-0.2, 0) is 0 Å². The lowest BCUT2D eigenvalue weighted by molar-refractivity contribution is 0.468. The van der Waals surface area contributed by atoms with Gasteiger partial charge >= 0.3 is 0 Å². The van der Waals surface area contributed by atoms with Gasteiger partial charge in [0.15, 0.2) is 11.5 Å². The van der Waals surface area contributed by atoms with Crippen molar-refractivity contribution in [3.8, 4) is 0 Å². The van der Waals surface area contributed by atoms with E-state index in [-0.39, 0.29) is 10.8 Å². The van der Waals surface area contributed by atoms with Crippen molar-refractivity contribution in [2.75, 3.05) is 11.9 Å². The molecule has 92 valence electrons. The van der Waals surface area contributed by atoms with Crippen LogP contribution in [-0.4, -0.2) is 32.5 Å². The molecule has 2 heterocycles. The van der Waals surface area contributed by atoms with Gasteiger partial charge in [-0.2, -0.15) is 9.97 Å². The molecule has 0 atom stereocenters. The number of hydrogen-bond acceptors (Lipinski definition) is 4. The fourth-order valence-electron chi connectivity index (χ4n) is 1.56. The first kappa shape index (κ1) is 12.1. The van der Waals surface area contributed by atoms with E-state index in [0.29, 0.717) is 5.65 Å². The van der Waals surface area contributed by atoms with Crippen LogP contribution in [0.25, 0.3) is 11.2 Å². The first-order chi connectivity index (χ1) is 7.95. The smallest absolute Gasteiger partial charge is 0.226 e. The predicted molar refractivity (Wildman–Crippen MR) is 69.5 cm³/mol. The maximum atomic E-state index is 5.92. The Morgan fingerprint density at radius 2 is 2.12 bits per heavy atom. The third-order valence-electron chi connectivity index (χ3n) is 3.33. The highest BCUT2D eigenvalue weighted by atomic mass is 35.5. The molecule has 17 heavy (non-hydrogen) atoms. The van der Waals surface area contributed by atoms with Crippen molar-refractivity contribution in [2.24, 2.45) is 0 Å². The van der Waals surface area contributed by atoms with Gasteiger partial charge in [-0.25, -0.2) is 4.98 Å². The number of imidazole rings is 1. The molecule has 2 aromatic rings. The normalized spacial score (nSPS) is 12.1. The molecule has 0 aromatic carbocycles. The van der Waals surface area contributed by atoms with Crippen LogP contribution in [0.5, 0.6) is 0 Å². The summed E-state index contributed by atoms with van der Waals surface area (Å²) in [5.41, 5.74) is 1.41. The molecule has 0 unspecified atom stereocenters. The predicted octanol–water partition coefficient (Wildman–Crippen LogP) is 2.63.